The highest BCUT2D eigenvalue weighted by Gasteiger charge is 2.32. The maximum atomic E-state index is 11.0. The van der Waals surface area contributed by atoms with Crippen LogP contribution in [-0.4, -0.2) is 52.6 Å². The van der Waals surface area contributed by atoms with Crippen molar-refractivity contribution in [3.8, 4) is 11.5 Å². The molecule has 0 spiro atoms. The van der Waals surface area contributed by atoms with Gasteiger partial charge in [0.15, 0.2) is 11.5 Å². The molecular weight excluding hydrogens is 310 g/mol. The van der Waals surface area contributed by atoms with Gasteiger partial charge in [0.05, 0.1) is 13.7 Å². The highest BCUT2D eigenvalue weighted by atomic mass is 16.5. The van der Waals surface area contributed by atoms with E-state index in [0.29, 0.717) is 32.2 Å². The average Bonchev–Trinajstić information content (AvgIpc) is 2.60. The monoisotopic (exact) mass is 337 g/mol. The van der Waals surface area contributed by atoms with Gasteiger partial charge in [0, 0.05) is 38.9 Å². The summed E-state index contributed by atoms with van der Waals surface area (Å²) in [6, 6.07) is 5.93. The maximum absolute atomic E-state index is 11.0. The number of carbonyl (C=O) groups excluding carboxylic acids is 1. The Morgan fingerprint density at radius 3 is 2.67 bits per heavy atom. The van der Waals surface area contributed by atoms with Crippen molar-refractivity contribution in [3.63, 3.8) is 0 Å². The summed E-state index contributed by atoms with van der Waals surface area (Å²) in [5, 5.41) is 3.01. The van der Waals surface area contributed by atoms with E-state index in [-0.39, 0.29) is 5.54 Å². The van der Waals surface area contributed by atoms with Crippen LogP contribution >= 0.6 is 0 Å². The van der Waals surface area contributed by atoms with E-state index in [4.69, 9.17) is 18.9 Å². The molecule has 1 fully saturated rings. The lowest BCUT2D eigenvalue weighted by Gasteiger charge is -2.37. The highest BCUT2D eigenvalue weighted by molar-refractivity contribution is 5.49. The van der Waals surface area contributed by atoms with Gasteiger partial charge in [0.2, 0.25) is 6.41 Å². The molecular formula is C18H27NO5. The van der Waals surface area contributed by atoms with Crippen LogP contribution in [0, 0.1) is 0 Å². The largest absolute Gasteiger partial charge is 0.493 e. The predicted octanol–water partition coefficient (Wildman–Crippen LogP) is 1.95. The Kier molecular flexibility index (Phi) is 7.34. The van der Waals surface area contributed by atoms with Crippen LogP contribution < -0.4 is 14.8 Å². The molecule has 6 heteroatoms. The average molecular weight is 337 g/mol. The van der Waals surface area contributed by atoms with Gasteiger partial charge >= 0.3 is 0 Å². The topological polar surface area (TPSA) is 66.0 Å². The second-order valence-corrected chi connectivity index (χ2v) is 6.01. The van der Waals surface area contributed by atoms with Crippen LogP contribution in [0.25, 0.3) is 0 Å². The van der Waals surface area contributed by atoms with E-state index in [1.807, 2.05) is 18.2 Å². The minimum Gasteiger partial charge on any atom is -0.493 e. The molecule has 134 valence electrons. The third-order valence-corrected chi connectivity index (χ3v) is 4.34. The normalized spacial score (nSPS) is 16.4. The molecule has 0 radical (unpaired) electrons. The third kappa shape index (κ3) is 5.11. The second-order valence-electron chi connectivity index (χ2n) is 6.01. The van der Waals surface area contributed by atoms with Crippen molar-refractivity contribution >= 4 is 6.41 Å². The third-order valence-electron chi connectivity index (χ3n) is 4.34. The van der Waals surface area contributed by atoms with E-state index in [1.54, 1.807) is 14.2 Å². The van der Waals surface area contributed by atoms with E-state index < -0.39 is 0 Å². The molecule has 0 bridgehead atoms. The van der Waals surface area contributed by atoms with E-state index in [9.17, 15) is 4.79 Å². The Morgan fingerprint density at radius 2 is 2.00 bits per heavy atom. The zero-order valence-electron chi connectivity index (χ0n) is 14.5. The van der Waals surface area contributed by atoms with Crippen LogP contribution in [0.3, 0.4) is 0 Å². The first kappa shape index (κ1) is 18.5. The van der Waals surface area contributed by atoms with Crippen LogP contribution in [0.2, 0.25) is 0 Å². The van der Waals surface area contributed by atoms with Crippen molar-refractivity contribution in [2.45, 2.75) is 31.2 Å². The van der Waals surface area contributed by atoms with Crippen molar-refractivity contribution in [3.05, 3.63) is 23.8 Å². The molecule has 1 saturated heterocycles. The van der Waals surface area contributed by atoms with Crippen LogP contribution in [0.5, 0.6) is 11.5 Å². The van der Waals surface area contributed by atoms with Gasteiger partial charge in [-0.25, -0.2) is 0 Å². The Balaban J connectivity index is 2.09. The van der Waals surface area contributed by atoms with Crippen LogP contribution in [0.1, 0.15) is 24.8 Å². The Bertz CT molecular complexity index is 514. The number of benzene rings is 1. The summed E-state index contributed by atoms with van der Waals surface area (Å²) >= 11 is 0. The smallest absolute Gasteiger partial charge is 0.207 e. The first-order chi connectivity index (χ1) is 11.7. The lowest BCUT2D eigenvalue weighted by molar-refractivity contribution is -0.112. The summed E-state index contributed by atoms with van der Waals surface area (Å²) in [6.07, 6.45) is 3.96. The Morgan fingerprint density at radius 1 is 1.21 bits per heavy atom. The summed E-state index contributed by atoms with van der Waals surface area (Å²) in [7, 11) is 3.31. The summed E-state index contributed by atoms with van der Waals surface area (Å²) in [5.41, 5.74) is 0.857. The fourth-order valence-corrected chi connectivity index (χ4v) is 2.98. The molecule has 24 heavy (non-hydrogen) atoms. The minimum absolute atomic E-state index is 0.248. The minimum atomic E-state index is -0.248. The number of rotatable bonds is 10. The first-order valence-electron chi connectivity index (χ1n) is 8.31. The molecule has 1 N–H and O–H groups in total. The van der Waals surface area contributed by atoms with E-state index >= 15 is 0 Å². The number of hydrogen-bond donors (Lipinski definition) is 1. The second kappa shape index (κ2) is 9.49. The van der Waals surface area contributed by atoms with Gasteiger partial charge in [-0.3, -0.25) is 4.79 Å². The lowest BCUT2D eigenvalue weighted by Crippen LogP contribution is -2.50. The summed E-state index contributed by atoms with van der Waals surface area (Å²) in [5.74, 6) is 1.43. The van der Waals surface area contributed by atoms with Crippen molar-refractivity contribution in [2.24, 2.45) is 0 Å². The molecule has 1 aromatic rings. The fourth-order valence-electron chi connectivity index (χ4n) is 2.98. The van der Waals surface area contributed by atoms with Gasteiger partial charge in [-0.2, -0.15) is 0 Å². The number of amides is 1. The molecule has 0 saturated carbocycles. The van der Waals surface area contributed by atoms with Crippen molar-refractivity contribution in [1.82, 2.24) is 5.32 Å². The number of methoxy groups -OCH3 is 2. The predicted molar refractivity (Wildman–Crippen MR) is 90.7 cm³/mol. The standard InChI is InChI=1S/C18H27NO5/c1-21-8-3-9-24-17-12-15(4-5-16(17)22-2)13-18(19-14-20)6-10-23-11-7-18/h4-5,12,14H,3,6-11,13H2,1-2H3,(H,19,20). The highest BCUT2D eigenvalue weighted by Crippen LogP contribution is 2.32. The van der Waals surface area contributed by atoms with Gasteiger partial charge in [-0.1, -0.05) is 6.07 Å². The van der Waals surface area contributed by atoms with Crippen molar-refractivity contribution < 1.29 is 23.7 Å². The van der Waals surface area contributed by atoms with Crippen molar-refractivity contribution in [1.29, 1.82) is 0 Å². The van der Waals surface area contributed by atoms with Crippen LogP contribution in [0.4, 0.5) is 0 Å². The van der Waals surface area contributed by atoms with Crippen LogP contribution in [0.15, 0.2) is 18.2 Å². The quantitative estimate of drug-likeness (QED) is 0.522. The molecule has 6 nitrogen and oxygen atoms in total. The maximum Gasteiger partial charge on any atom is 0.207 e. The molecule has 1 heterocycles. The number of carbonyl (C=O) groups is 1. The molecule has 2 rings (SSSR count). The lowest BCUT2D eigenvalue weighted by atomic mass is 9.84. The van der Waals surface area contributed by atoms with Gasteiger partial charge in [-0.15, -0.1) is 0 Å². The van der Waals surface area contributed by atoms with Gasteiger partial charge in [-0.05, 0) is 37.0 Å². The molecule has 0 aromatic heterocycles. The van der Waals surface area contributed by atoms with E-state index in [1.165, 1.54) is 0 Å². The Hall–Kier alpha value is -1.79. The summed E-state index contributed by atoms with van der Waals surface area (Å²) in [6.45, 7) is 2.56. The number of ether oxygens (including phenoxy) is 4. The number of nitrogens with one attached hydrogen (secondary N) is 1. The molecule has 0 unspecified atom stereocenters. The Labute approximate surface area is 143 Å². The summed E-state index contributed by atoms with van der Waals surface area (Å²) in [4.78, 5) is 11.0. The van der Waals surface area contributed by atoms with Gasteiger partial charge < -0.3 is 24.3 Å². The fraction of sp³-hybridized carbons (Fsp3) is 0.611. The SMILES string of the molecule is COCCCOc1cc(CC2(NC=O)CCOCC2)ccc1OC. The zero-order valence-corrected chi connectivity index (χ0v) is 14.5. The first-order valence-corrected chi connectivity index (χ1v) is 8.31. The molecule has 1 aliphatic rings. The zero-order chi connectivity index (χ0) is 17.3. The summed E-state index contributed by atoms with van der Waals surface area (Å²) < 4.78 is 21.7. The molecule has 0 atom stereocenters. The van der Waals surface area contributed by atoms with Crippen LogP contribution in [-0.2, 0) is 20.7 Å². The molecule has 1 amide bonds. The molecule has 0 aliphatic carbocycles. The van der Waals surface area contributed by atoms with Gasteiger partial charge in [0.25, 0.3) is 0 Å². The van der Waals surface area contributed by atoms with Crippen molar-refractivity contribution in [2.75, 3.05) is 40.6 Å². The van der Waals surface area contributed by atoms with Gasteiger partial charge in [0.1, 0.15) is 0 Å². The van der Waals surface area contributed by atoms with E-state index in [2.05, 4.69) is 5.32 Å². The number of hydrogen-bond acceptors (Lipinski definition) is 5. The van der Waals surface area contributed by atoms with E-state index in [0.717, 1.165) is 43.4 Å². The molecule has 1 aliphatic heterocycles. The molecule has 1 aromatic carbocycles.